The fourth-order valence-electron chi connectivity index (χ4n) is 1.36. The highest BCUT2D eigenvalue weighted by atomic mass is 79.9. The van der Waals surface area contributed by atoms with E-state index in [1.807, 2.05) is 11.4 Å². The molecule has 2 aromatic rings. The van der Waals surface area contributed by atoms with Crippen LogP contribution in [0.3, 0.4) is 0 Å². The monoisotopic (exact) mass is 381 g/mol. The summed E-state index contributed by atoms with van der Waals surface area (Å²) in [6.07, 6.45) is 0.718. The van der Waals surface area contributed by atoms with Crippen molar-refractivity contribution in [1.82, 2.24) is 10.3 Å². The van der Waals surface area contributed by atoms with Gasteiger partial charge < -0.3 is 11.1 Å². The van der Waals surface area contributed by atoms with Crippen LogP contribution in [0.5, 0.6) is 0 Å². The van der Waals surface area contributed by atoms with Crippen LogP contribution in [-0.4, -0.2) is 17.4 Å². The third-order valence-electron chi connectivity index (χ3n) is 2.19. The summed E-state index contributed by atoms with van der Waals surface area (Å²) < 4.78 is 1.04. The molecule has 2 rings (SSSR count). The lowest BCUT2D eigenvalue weighted by Crippen LogP contribution is -2.22. The Morgan fingerprint density at radius 1 is 1.42 bits per heavy atom. The van der Waals surface area contributed by atoms with Crippen LogP contribution >= 0.6 is 51.0 Å². The summed E-state index contributed by atoms with van der Waals surface area (Å²) in [4.78, 5) is 17.2. The first kappa shape index (κ1) is 16.6. The van der Waals surface area contributed by atoms with Crippen LogP contribution in [0.1, 0.15) is 20.4 Å². The van der Waals surface area contributed by atoms with E-state index in [2.05, 4.69) is 26.2 Å². The lowest BCUT2D eigenvalue weighted by Gasteiger charge is -2.00. The second-order valence-corrected chi connectivity index (χ2v) is 6.43. The largest absolute Gasteiger partial charge is 0.346 e. The summed E-state index contributed by atoms with van der Waals surface area (Å²) >= 11 is 6.46. The van der Waals surface area contributed by atoms with Crippen molar-refractivity contribution in [2.45, 2.75) is 13.0 Å². The minimum absolute atomic E-state index is 0. The first-order valence-corrected chi connectivity index (χ1v) is 7.90. The number of amides is 1. The molecule has 0 bridgehead atoms. The molecule has 19 heavy (non-hydrogen) atoms. The number of rotatable bonds is 5. The van der Waals surface area contributed by atoms with E-state index in [9.17, 15) is 4.79 Å². The number of carbonyl (C=O) groups is 1. The van der Waals surface area contributed by atoms with Gasteiger partial charge in [0.05, 0.1) is 11.6 Å². The van der Waals surface area contributed by atoms with Crippen molar-refractivity contribution in [3.05, 3.63) is 36.9 Å². The van der Waals surface area contributed by atoms with Crippen molar-refractivity contribution < 1.29 is 4.79 Å². The van der Waals surface area contributed by atoms with Gasteiger partial charge in [-0.25, -0.2) is 4.98 Å². The number of thiazole rings is 1. The van der Waals surface area contributed by atoms with Gasteiger partial charge in [0.25, 0.3) is 5.91 Å². The van der Waals surface area contributed by atoms with Gasteiger partial charge in [-0.1, -0.05) is 0 Å². The van der Waals surface area contributed by atoms with E-state index in [1.165, 1.54) is 11.3 Å². The van der Waals surface area contributed by atoms with Crippen LogP contribution in [0.2, 0.25) is 0 Å². The van der Waals surface area contributed by atoms with Gasteiger partial charge in [-0.15, -0.1) is 35.1 Å². The molecule has 0 saturated heterocycles. The zero-order valence-electron chi connectivity index (χ0n) is 9.89. The number of nitrogens with zero attached hydrogens (tertiary/aromatic N) is 1. The number of nitrogens with two attached hydrogens (primary N) is 1. The third kappa shape index (κ3) is 4.85. The molecule has 1 amide bonds. The minimum Gasteiger partial charge on any atom is -0.346 e. The van der Waals surface area contributed by atoms with Crippen molar-refractivity contribution in [3.63, 3.8) is 0 Å². The summed E-state index contributed by atoms with van der Waals surface area (Å²) in [7, 11) is 0. The fraction of sp³-hybridized carbons (Fsp3) is 0.273. The highest BCUT2D eigenvalue weighted by Gasteiger charge is 2.10. The van der Waals surface area contributed by atoms with Gasteiger partial charge in [-0.2, -0.15) is 0 Å². The molecule has 0 spiro atoms. The maximum absolute atomic E-state index is 11.8. The van der Waals surface area contributed by atoms with E-state index in [0.717, 1.165) is 20.8 Å². The van der Waals surface area contributed by atoms with E-state index >= 15 is 0 Å². The summed E-state index contributed by atoms with van der Waals surface area (Å²) in [5.41, 5.74) is 5.92. The molecule has 0 radical (unpaired) electrons. The van der Waals surface area contributed by atoms with Gasteiger partial charge >= 0.3 is 0 Å². The van der Waals surface area contributed by atoms with Crippen LogP contribution in [0, 0.1) is 0 Å². The zero-order valence-corrected chi connectivity index (χ0v) is 13.9. The number of halogens is 2. The molecule has 0 aromatic carbocycles. The van der Waals surface area contributed by atoms with Crippen LogP contribution in [0.4, 0.5) is 0 Å². The SMILES string of the molecule is Cl.NCCc1nc(C(=O)NCc2cc(Br)cs2)cs1. The molecule has 2 aromatic heterocycles. The zero-order chi connectivity index (χ0) is 13.0. The standard InChI is InChI=1S/C11H12BrN3OS2.ClH/c12-7-3-8(17-5-7)4-14-11(16)9-6-18-10(15-9)1-2-13;/h3,5-6H,1-2,4,13H2,(H,14,16);1H. The Bertz CT molecular complexity index is 544. The molecule has 0 aliphatic rings. The quantitative estimate of drug-likeness (QED) is 0.835. The number of hydrogen-bond acceptors (Lipinski definition) is 5. The predicted octanol–water partition coefficient (Wildman–Crippen LogP) is 2.82. The van der Waals surface area contributed by atoms with Gasteiger partial charge in [0.15, 0.2) is 0 Å². The van der Waals surface area contributed by atoms with E-state index < -0.39 is 0 Å². The number of carbonyl (C=O) groups excluding carboxylic acids is 1. The lowest BCUT2D eigenvalue weighted by atomic mass is 10.4. The maximum atomic E-state index is 11.8. The molecule has 0 aliphatic heterocycles. The van der Waals surface area contributed by atoms with E-state index in [4.69, 9.17) is 5.73 Å². The summed E-state index contributed by atoms with van der Waals surface area (Å²) in [6.45, 7) is 1.08. The van der Waals surface area contributed by atoms with Gasteiger partial charge in [0.1, 0.15) is 5.69 Å². The first-order valence-electron chi connectivity index (χ1n) is 5.34. The van der Waals surface area contributed by atoms with E-state index in [-0.39, 0.29) is 18.3 Å². The lowest BCUT2D eigenvalue weighted by molar-refractivity contribution is 0.0947. The Balaban J connectivity index is 0.00000180. The van der Waals surface area contributed by atoms with E-state index in [0.29, 0.717) is 18.8 Å². The van der Waals surface area contributed by atoms with Crippen molar-refractivity contribution in [3.8, 4) is 0 Å². The molecule has 0 saturated carbocycles. The number of thiophene rings is 1. The Kier molecular flexibility index (Phi) is 6.95. The maximum Gasteiger partial charge on any atom is 0.271 e. The molecular weight excluding hydrogens is 370 g/mol. The Morgan fingerprint density at radius 2 is 2.21 bits per heavy atom. The smallest absolute Gasteiger partial charge is 0.271 e. The average Bonchev–Trinajstić information content (AvgIpc) is 2.96. The van der Waals surface area contributed by atoms with Crippen molar-refractivity contribution in [1.29, 1.82) is 0 Å². The topological polar surface area (TPSA) is 68.0 Å². The summed E-state index contributed by atoms with van der Waals surface area (Å²) in [5.74, 6) is -0.140. The number of hydrogen-bond donors (Lipinski definition) is 2. The highest BCUT2D eigenvalue weighted by Crippen LogP contribution is 2.19. The second-order valence-electron chi connectivity index (χ2n) is 3.58. The van der Waals surface area contributed by atoms with Crippen molar-refractivity contribution in [2.24, 2.45) is 5.73 Å². The van der Waals surface area contributed by atoms with E-state index in [1.54, 1.807) is 16.7 Å². The van der Waals surface area contributed by atoms with Crippen molar-refractivity contribution >= 4 is 56.9 Å². The third-order valence-corrected chi connectivity index (χ3v) is 4.79. The normalized spacial score (nSPS) is 10.0. The molecule has 2 heterocycles. The summed E-state index contributed by atoms with van der Waals surface area (Å²) in [6, 6.07) is 1.99. The van der Waals surface area contributed by atoms with Crippen LogP contribution in [0.15, 0.2) is 21.3 Å². The van der Waals surface area contributed by atoms with Gasteiger partial charge in [-0.05, 0) is 28.5 Å². The molecule has 0 atom stereocenters. The summed E-state index contributed by atoms with van der Waals surface area (Å²) in [5, 5.41) is 7.51. The highest BCUT2D eigenvalue weighted by molar-refractivity contribution is 9.10. The number of aromatic nitrogens is 1. The second kappa shape index (κ2) is 7.96. The molecule has 4 nitrogen and oxygen atoms in total. The Morgan fingerprint density at radius 3 is 2.84 bits per heavy atom. The molecule has 0 unspecified atom stereocenters. The minimum atomic E-state index is -0.140. The molecular formula is C11H13BrClN3OS2. The fourth-order valence-corrected chi connectivity index (χ4v) is 3.54. The first-order chi connectivity index (χ1) is 8.69. The Labute approximate surface area is 134 Å². The predicted molar refractivity (Wildman–Crippen MR) is 85.3 cm³/mol. The Hall–Kier alpha value is -0.470. The van der Waals surface area contributed by atoms with Crippen LogP contribution in [-0.2, 0) is 13.0 Å². The van der Waals surface area contributed by atoms with Gasteiger partial charge in [0, 0.05) is 26.5 Å². The average molecular weight is 383 g/mol. The molecule has 104 valence electrons. The molecule has 0 fully saturated rings. The molecule has 3 N–H and O–H groups in total. The van der Waals surface area contributed by atoms with Crippen molar-refractivity contribution in [2.75, 3.05) is 6.54 Å². The van der Waals surface area contributed by atoms with Gasteiger partial charge in [0.2, 0.25) is 0 Å². The number of nitrogens with one attached hydrogen (secondary N) is 1. The molecule has 8 heteroatoms. The molecule has 0 aliphatic carbocycles. The van der Waals surface area contributed by atoms with Crippen LogP contribution in [0.25, 0.3) is 0 Å². The van der Waals surface area contributed by atoms with Crippen LogP contribution < -0.4 is 11.1 Å². The van der Waals surface area contributed by atoms with Gasteiger partial charge in [-0.3, -0.25) is 4.79 Å².